The Labute approximate surface area is 137 Å². The zero-order valence-corrected chi connectivity index (χ0v) is 13.8. The van der Waals surface area contributed by atoms with Gasteiger partial charge in [-0.2, -0.15) is 0 Å². The lowest BCUT2D eigenvalue weighted by molar-refractivity contribution is 0.0937. The molecule has 3 unspecified atom stereocenters. The first kappa shape index (κ1) is 15.5. The molecule has 118 valence electrons. The minimum absolute atomic E-state index is 0.0117. The molecule has 0 saturated carbocycles. The molecule has 23 heavy (non-hydrogen) atoms. The first-order valence-corrected chi connectivity index (χ1v) is 8.05. The first-order chi connectivity index (χ1) is 11.0. The summed E-state index contributed by atoms with van der Waals surface area (Å²) in [5, 5.41) is 10.7. The fourth-order valence-corrected chi connectivity index (χ4v) is 3.72. The standard InChI is InChI=1S/C21H22O2/c1-5-12(2)16-11-13(3)17-18(15-9-7-6-8-10-15)14(4)20(22)19(17)21(16)23/h5-12,14,18,23H,1H2,2-4H3. The third-order valence-corrected chi connectivity index (χ3v) is 5.05. The van der Waals surface area contributed by atoms with Gasteiger partial charge in [0.25, 0.3) is 0 Å². The Morgan fingerprint density at radius 3 is 2.52 bits per heavy atom. The van der Waals surface area contributed by atoms with Crippen molar-refractivity contribution < 1.29 is 9.90 Å². The number of hydrogen-bond donors (Lipinski definition) is 1. The lowest BCUT2D eigenvalue weighted by Crippen LogP contribution is -2.10. The van der Waals surface area contributed by atoms with Crippen LogP contribution in [0.15, 0.2) is 49.1 Å². The molecule has 0 aliphatic heterocycles. The predicted molar refractivity (Wildman–Crippen MR) is 93.2 cm³/mol. The number of aromatic hydroxyl groups is 1. The molecule has 0 radical (unpaired) electrons. The Balaban J connectivity index is 2.26. The van der Waals surface area contributed by atoms with Gasteiger partial charge in [-0.3, -0.25) is 4.79 Å². The van der Waals surface area contributed by atoms with Crippen molar-refractivity contribution in [3.8, 4) is 5.75 Å². The molecule has 2 aromatic rings. The van der Waals surface area contributed by atoms with E-state index in [2.05, 4.69) is 18.7 Å². The number of benzene rings is 2. The molecule has 0 saturated heterocycles. The summed E-state index contributed by atoms with van der Waals surface area (Å²) in [5.74, 6) is 0.0303. The minimum atomic E-state index is -0.161. The molecule has 3 atom stereocenters. The third-order valence-electron chi connectivity index (χ3n) is 5.05. The largest absolute Gasteiger partial charge is 0.507 e. The highest BCUT2D eigenvalue weighted by molar-refractivity contribution is 6.06. The molecule has 0 fully saturated rings. The van der Waals surface area contributed by atoms with E-state index in [0.717, 1.165) is 22.3 Å². The van der Waals surface area contributed by atoms with Crippen LogP contribution in [0.5, 0.6) is 5.75 Å². The smallest absolute Gasteiger partial charge is 0.170 e. The Morgan fingerprint density at radius 1 is 1.26 bits per heavy atom. The molecular weight excluding hydrogens is 284 g/mol. The summed E-state index contributed by atoms with van der Waals surface area (Å²) in [7, 11) is 0. The van der Waals surface area contributed by atoms with E-state index < -0.39 is 0 Å². The number of aryl methyl sites for hydroxylation is 1. The van der Waals surface area contributed by atoms with Crippen LogP contribution in [0.4, 0.5) is 0 Å². The maximum atomic E-state index is 12.8. The Bertz CT molecular complexity index is 774. The fourth-order valence-electron chi connectivity index (χ4n) is 3.72. The Morgan fingerprint density at radius 2 is 1.91 bits per heavy atom. The maximum absolute atomic E-state index is 12.8. The SMILES string of the molecule is C=CC(C)c1cc(C)c2c(c1O)C(=O)C(C)C2c1ccccc1. The Hall–Kier alpha value is -2.35. The molecule has 0 spiro atoms. The molecule has 0 amide bonds. The summed E-state index contributed by atoms with van der Waals surface area (Å²) in [5.41, 5.74) is 4.46. The van der Waals surface area contributed by atoms with Crippen LogP contribution in [0.25, 0.3) is 0 Å². The average Bonchev–Trinajstić information content (AvgIpc) is 2.83. The average molecular weight is 306 g/mol. The summed E-state index contributed by atoms with van der Waals surface area (Å²) in [6, 6.07) is 12.1. The number of allylic oxidation sites excluding steroid dienone is 1. The van der Waals surface area contributed by atoms with E-state index in [4.69, 9.17) is 0 Å². The number of rotatable bonds is 3. The van der Waals surface area contributed by atoms with Crippen molar-refractivity contribution in [1.29, 1.82) is 0 Å². The monoisotopic (exact) mass is 306 g/mol. The van der Waals surface area contributed by atoms with Gasteiger partial charge in [0.1, 0.15) is 5.75 Å². The highest BCUT2D eigenvalue weighted by Crippen LogP contribution is 2.49. The summed E-state index contributed by atoms with van der Waals surface area (Å²) in [6.07, 6.45) is 1.79. The van der Waals surface area contributed by atoms with Gasteiger partial charge >= 0.3 is 0 Å². The number of Topliss-reactive ketones (excluding diaryl/α,β-unsaturated/α-hetero) is 1. The van der Waals surface area contributed by atoms with Crippen LogP contribution >= 0.6 is 0 Å². The molecule has 2 aromatic carbocycles. The zero-order valence-electron chi connectivity index (χ0n) is 13.8. The number of carbonyl (C=O) groups excluding carboxylic acids is 1. The van der Waals surface area contributed by atoms with Crippen LogP contribution in [0, 0.1) is 12.8 Å². The van der Waals surface area contributed by atoms with E-state index in [1.54, 1.807) is 6.08 Å². The van der Waals surface area contributed by atoms with Crippen molar-refractivity contribution in [3.63, 3.8) is 0 Å². The van der Waals surface area contributed by atoms with Crippen molar-refractivity contribution in [2.24, 2.45) is 5.92 Å². The third kappa shape index (κ3) is 2.29. The van der Waals surface area contributed by atoms with Crippen molar-refractivity contribution >= 4 is 5.78 Å². The summed E-state index contributed by atoms with van der Waals surface area (Å²) < 4.78 is 0. The second kappa shape index (κ2) is 5.69. The van der Waals surface area contributed by atoms with Crippen molar-refractivity contribution in [2.45, 2.75) is 32.6 Å². The molecule has 1 aliphatic rings. The molecule has 0 bridgehead atoms. The zero-order chi connectivity index (χ0) is 16.7. The lowest BCUT2D eigenvalue weighted by Gasteiger charge is -2.19. The van der Waals surface area contributed by atoms with E-state index >= 15 is 0 Å². The van der Waals surface area contributed by atoms with Gasteiger partial charge < -0.3 is 5.11 Å². The normalized spacial score (nSPS) is 21.1. The highest BCUT2D eigenvalue weighted by Gasteiger charge is 2.41. The van der Waals surface area contributed by atoms with Crippen molar-refractivity contribution in [2.75, 3.05) is 0 Å². The van der Waals surface area contributed by atoms with Gasteiger partial charge in [0.05, 0.1) is 5.56 Å². The van der Waals surface area contributed by atoms with Gasteiger partial charge in [0.2, 0.25) is 0 Å². The van der Waals surface area contributed by atoms with Crippen molar-refractivity contribution in [3.05, 3.63) is 76.9 Å². The minimum Gasteiger partial charge on any atom is -0.507 e. The number of hydrogen-bond acceptors (Lipinski definition) is 2. The molecule has 1 aliphatic carbocycles. The first-order valence-electron chi connectivity index (χ1n) is 8.05. The molecule has 1 N–H and O–H groups in total. The quantitative estimate of drug-likeness (QED) is 0.814. The van der Waals surface area contributed by atoms with E-state index in [0.29, 0.717) is 5.56 Å². The number of phenolic OH excluding ortho intramolecular Hbond substituents is 1. The van der Waals surface area contributed by atoms with E-state index in [9.17, 15) is 9.90 Å². The molecule has 0 aromatic heterocycles. The predicted octanol–water partition coefficient (Wildman–Crippen LogP) is 4.95. The van der Waals surface area contributed by atoms with Crippen LogP contribution in [0.1, 0.15) is 58.3 Å². The van der Waals surface area contributed by atoms with Crippen LogP contribution in [0.2, 0.25) is 0 Å². The van der Waals surface area contributed by atoms with Crippen molar-refractivity contribution in [1.82, 2.24) is 0 Å². The van der Waals surface area contributed by atoms with E-state index in [-0.39, 0.29) is 29.3 Å². The van der Waals surface area contributed by atoms with Crippen LogP contribution in [-0.4, -0.2) is 10.9 Å². The van der Waals surface area contributed by atoms with Gasteiger partial charge in [0, 0.05) is 23.3 Å². The van der Waals surface area contributed by atoms with Crippen LogP contribution in [-0.2, 0) is 0 Å². The molecular formula is C21H22O2. The molecule has 2 nitrogen and oxygen atoms in total. The van der Waals surface area contributed by atoms with Gasteiger partial charge in [-0.05, 0) is 23.6 Å². The molecule has 3 rings (SSSR count). The topological polar surface area (TPSA) is 37.3 Å². The van der Waals surface area contributed by atoms with E-state index in [1.807, 2.05) is 45.0 Å². The summed E-state index contributed by atoms with van der Waals surface area (Å²) in [4.78, 5) is 12.8. The number of ketones is 1. The summed E-state index contributed by atoms with van der Waals surface area (Å²) in [6.45, 7) is 9.76. The Kier molecular flexibility index (Phi) is 3.85. The number of phenols is 1. The number of carbonyl (C=O) groups is 1. The van der Waals surface area contributed by atoms with E-state index in [1.165, 1.54) is 0 Å². The molecule has 2 heteroatoms. The lowest BCUT2D eigenvalue weighted by atomic mass is 9.84. The van der Waals surface area contributed by atoms with Gasteiger partial charge in [-0.15, -0.1) is 6.58 Å². The molecule has 0 heterocycles. The fraction of sp³-hybridized carbons (Fsp3) is 0.286. The highest BCUT2D eigenvalue weighted by atomic mass is 16.3. The van der Waals surface area contributed by atoms with Crippen LogP contribution in [0.3, 0.4) is 0 Å². The van der Waals surface area contributed by atoms with Gasteiger partial charge in [0.15, 0.2) is 5.78 Å². The maximum Gasteiger partial charge on any atom is 0.170 e. The summed E-state index contributed by atoms with van der Waals surface area (Å²) >= 11 is 0. The number of fused-ring (bicyclic) bond motifs is 1. The second-order valence-corrected chi connectivity index (χ2v) is 6.49. The van der Waals surface area contributed by atoms with Crippen LogP contribution < -0.4 is 0 Å². The van der Waals surface area contributed by atoms with Gasteiger partial charge in [-0.25, -0.2) is 0 Å². The van der Waals surface area contributed by atoms with Gasteiger partial charge in [-0.1, -0.05) is 56.3 Å². The second-order valence-electron chi connectivity index (χ2n) is 6.49.